The molecule has 1 heterocycles. The largest absolute Gasteiger partial charge is 0.507 e. The number of nitrogens with one attached hydrogen (secondary N) is 4. The number of carbonyl (C=O) groups is 4. The molecule has 0 bridgehead atoms. The van der Waals surface area contributed by atoms with Gasteiger partial charge in [-0.3, -0.25) is 19.2 Å². The zero-order chi connectivity index (χ0) is 28.0. The maximum atomic E-state index is 13.6. The van der Waals surface area contributed by atoms with Crippen LogP contribution >= 0.6 is 0 Å². The number of phenols is 1. The van der Waals surface area contributed by atoms with Crippen molar-refractivity contribution < 1.29 is 29.4 Å². The van der Waals surface area contributed by atoms with Gasteiger partial charge >= 0.3 is 0 Å². The van der Waals surface area contributed by atoms with E-state index in [1.165, 1.54) is 19.1 Å². The molecule has 0 saturated carbocycles. The van der Waals surface area contributed by atoms with Gasteiger partial charge in [0, 0.05) is 0 Å². The first kappa shape index (κ1) is 28.6. The topological polar surface area (TPSA) is 157 Å². The number of para-hydroxylation sites is 1. The summed E-state index contributed by atoms with van der Waals surface area (Å²) in [7, 11) is 0. The van der Waals surface area contributed by atoms with Crippen molar-refractivity contribution in [3.63, 3.8) is 0 Å². The van der Waals surface area contributed by atoms with Gasteiger partial charge in [-0.25, -0.2) is 0 Å². The summed E-state index contributed by atoms with van der Waals surface area (Å²) in [5.41, 5.74) is 0.791. The highest BCUT2D eigenvalue weighted by atomic mass is 16.3. The van der Waals surface area contributed by atoms with Crippen molar-refractivity contribution in [3.8, 4) is 5.75 Å². The van der Waals surface area contributed by atoms with Gasteiger partial charge < -0.3 is 31.5 Å². The average Bonchev–Trinajstić information content (AvgIpc) is 2.88. The van der Waals surface area contributed by atoms with Gasteiger partial charge in [-0.2, -0.15) is 0 Å². The molecule has 3 rings (SSSR count). The van der Waals surface area contributed by atoms with Crippen LogP contribution in [-0.4, -0.2) is 64.1 Å². The number of amides is 4. The SMILES string of the molecule is CC(C)C1NC(=O)C(C)C(O)C(Cc2ccccc2)NC(=O)C(NC(=O)c2ccccc2O)C(C)NC1=O. The van der Waals surface area contributed by atoms with Crippen LogP contribution in [0, 0.1) is 11.8 Å². The molecule has 2 aromatic carbocycles. The van der Waals surface area contributed by atoms with Crippen molar-refractivity contribution >= 4 is 23.6 Å². The Morgan fingerprint density at radius 3 is 2.16 bits per heavy atom. The summed E-state index contributed by atoms with van der Waals surface area (Å²) < 4.78 is 0. The van der Waals surface area contributed by atoms with E-state index in [1.807, 2.05) is 30.3 Å². The first-order valence-electron chi connectivity index (χ1n) is 12.7. The van der Waals surface area contributed by atoms with Crippen LogP contribution < -0.4 is 21.3 Å². The summed E-state index contributed by atoms with van der Waals surface area (Å²) in [6.07, 6.45) is -1.07. The number of rotatable bonds is 5. The van der Waals surface area contributed by atoms with Crippen LogP contribution in [0.4, 0.5) is 0 Å². The van der Waals surface area contributed by atoms with E-state index >= 15 is 0 Å². The van der Waals surface area contributed by atoms with Crippen molar-refractivity contribution in [2.45, 2.75) is 64.4 Å². The minimum absolute atomic E-state index is 0.0354. The van der Waals surface area contributed by atoms with E-state index in [4.69, 9.17) is 0 Å². The van der Waals surface area contributed by atoms with E-state index in [2.05, 4.69) is 21.3 Å². The highest BCUT2D eigenvalue weighted by Gasteiger charge is 2.38. The van der Waals surface area contributed by atoms with E-state index < -0.39 is 59.8 Å². The lowest BCUT2D eigenvalue weighted by atomic mass is 9.90. The molecular formula is C28H36N4O6. The molecule has 0 spiro atoms. The number of aliphatic hydroxyl groups excluding tert-OH is 1. The standard InChI is InChI=1S/C28H36N4O6/c1-15(2)22-27(37)29-17(4)23(32-26(36)19-12-8-9-13-21(19)33)28(38)30-20(14-18-10-6-5-7-11-18)24(34)16(3)25(35)31-22/h5-13,15-17,20,22-24,33-34H,14H2,1-4H3,(H,29,37)(H,30,38)(H,31,35)(H,32,36). The van der Waals surface area contributed by atoms with Crippen LogP contribution in [-0.2, 0) is 20.8 Å². The molecule has 10 heteroatoms. The number of carbonyl (C=O) groups excluding carboxylic acids is 4. The van der Waals surface area contributed by atoms with Crippen LogP contribution in [0.2, 0.25) is 0 Å². The summed E-state index contributed by atoms with van der Waals surface area (Å²) in [6, 6.07) is 11.1. The molecule has 6 N–H and O–H groups in total. The Kier molecular flexibility index (Phi) is 9.46. The lowest BCUT2D eigenvalue weighted by molar-refractivity contribution is -0.136. The van der Waals surface area contributed by atoms with Crippen LogP contribution in [0.25, 0.3) is 0 Å². The number of benzene rings is 2. The Balaban J connectivity index is 1.99. The molecule has 0 aliphatic carbocycles. The van der Waals surface area contributed by atoms with Gasteiger partial charge in [0.1, 0.15) is 17.8 Å². The van der Waals surface area contributed by atoms with E-state index in [9.17, 15) is 29.4 Å². The molecule has 1 aliphatic rings. The highest BCUT2D eigenvalue weighted by molar-refractivity contribution is 6.00. The lowest BCUT2D eigenvalue weighted by Gasteiger charge is -2.34. The van der Waals surface area contributed by atoms with Crippen molar-refractivity contribution in [1.29, 1.82) is 0 Å². The second-order valence-electron chi connectivity index (χ2n) is 10.1. The molecular weight excluding hydrogens is 488 g/mol. The smallest absolute Gasteiger partial charge is 0.255 e. The quantitative estimate of drug-likeness (QED) is 0.341. The number of aliphatic hydroxyl groups is 1. The second kappa shape index (κ2) is 12.6. The third-order valence-electron chi connectivity index (χ3n) is 6.80. The second-order valence-corrected chi connectivity index (χ2v) is 10.1. The average molecular weight is 525 g/mol. The molecule has 1 fully saturated rings. The Morgan fingerprint density at radius 2 is 1.53 bits per heavy atom. The summed E-state index contributed by atoms with van der Waals surface area (Å²) in [6.45, 7) is 6.63. The van der Waals surface area contributed by atoms with Gasteiger partial charge in [-0.1, -0.05) is 63.2 Å². The van der Waals surface area contributed by atoms with Crippen LogP contribution in [0.5, 0.6) is 5.75 Å². The maximum Gasteiger partial charge on any atom is 0.255 e. The Bertz CT molecular complexity index is 1160. The minimum Gasteiger partial charge on any atom is -0.507 e. The van der Waals surface area contributed by atoms with Gasteiger partial charge in [0.2, 0.25) is 17.7 Å². The number of hydrogen-bond acceptors (Lipinski definition) is 6. The fourth-order valence-electron chi connectivity index (χ4n) is 4.42. The van der Waals surface area contributed by atoms with Gasteiger partial charge in [0.15, 0.2) is 0 Å². The molecule has 2 aromatic rings. The first-order chi connectivity index (χ1) is 18.0. The lowest BCUT2D eigenvalue weighted by Crippen LogP contribution is -2.64. The van der Waals surface area contributed by atoms with E-state index in [0.29, 0.717) is 0 Å². The number of hydrogen-bond donors (Lipinski definition) is 6. The van der Waals surface area contributed by atoms with Crippen LogP contribution in [0.3, 0.4) is 0 Å². The third kappa shape index (κ3) is 6.89. The van der Waals surface area contributed by atoms with Crippen LogP contribution in [0.1, 0.15) is 43.6 Å². The van der Waals surface area contributed by atoms with Crippen molar-refractivity contribution in [2.75, 3.05) is 0 Å². The highest BCUT2D eigenvalue weighted by Crippen LogP contribution is 2.18. The molecule has 4 amide bonds. The Hall–Kier alpha value is -3.92. The normalized spacial score (nSPS) is 26.8. The van der Waals surface area contributed by atoms with Gasteiger partial charge in [0.25, 0.3) is 5.91 Å². The van der Waals surface area contributed by atoms with E-state index in [0.717, 1.165) is 5.56 Å². The monoisotopic (exact) mass is 524 g/mol. The predicted molar refractivity (Wildman–Crippen MR) is 141 cm³/mol. The van der Waals surface area contributed by atoms with E-state index in [-0.39, 0.29) is 23.7 Å². The van der Waals surface area contributed by atoms with Gasteiger partial charge in [-0.05, 0) is 37.0 Å². The molecule has 6 atom stereocenters. The zero-order valence-corrected chi connectivity index (χ0v) is 22.0. The number of aromatic hydroxyl groups is 1. The Labute approximate surface area is 222 Å². The molecule has 38 heavy (non-hydrogen) atoms. The van der Waals surface area contributed by atoms with Crippen LogP contribution in [0.15, 0.2) is 54.6 Å². The molecule has 10 nitrogen and oxygen atoms in total. The summed E-state index contributed by atoms with van der Waals surface area (Å²) in [5.74, 6) is -3.92. The summed E-state index contributed by atoms with van der Waals surface area (Å²) in [5, 5.41) is 32.2. The third-order valence-corrected chi connectivity index (χ3v) is 6.80. The van der Waals surface area contributed by atoms with Gasteiger partial charge in [0.05, 0.1) is 29.7 Å². The predicted octanol–water partition coefficient (Wildman–Crippen LogP) is 0.874. The van der Waals surface area contributed by atoms with E-state index in [1.54, 1.807) is 32.9 Å². The van der Waals surface area contributed by atoms with Crippen molar-refractivity contribution in [2.24, 2.45) is 11.8 Å². The van der Waals surface area contributed by atoms with Crippen molar-refractivity contribution in [1.82, 2.24) is 21.3 Å². The van der Waals surface area contributed by atoms with Crippen molar-refractivity contribution in [3.05, 3.63) is 65.7 Å². The maximum absolute atomic E-state index is 13.6. The molecule has 0 aromatic heterocycles. The number of phenolic OH excluding ortho intramolecular Hbond substituents is 1. The molecule has 204 valence electrons. The fourth-order valence-corrected chi connectivity index (χ4v) is 4.42. The minimum atomic E-state index is -1.29. The molecule has 0 radical (unpaired) electrons. The summed E-state index contributed by atoms with van der Waals surface area (Å²) >= 11 is 0. The fraction of sp³-hybridized carbons (Fsp3) is 0.429. The first-order valence-corrected chi connectivity index (χ1v) is 12.7. The zero-order valence-electron chi connectivity index (χ0n) is 22.0. The van der Waals surface area contributed by atoms with Gasteiger partial charge in [-0.15, -0.1) is 0 Å². The molecule has 6 unspecified atom stereocenters. The molecule has 1 aliphatic heterocycles. The Morgan fingerprint density at radius 1 is 0.895 bits per heavy atom. The summed E-state index contributed by atoms with van der Waals surface area (Å²) in [4.78, 5) is 52.7. The molecule has 1 saturated heterocycles.